The number of rotatable bonds is 1. The molecule has 1 N–H and O–H groups in total. The standard InChI is InChI=1S/C7H17N/c1-6(8-5)7(2,3)4/h6,8H,1-5H3. The zero-order valence-electron chi connectivity index (χ0n) is 6.58. The average Bonchev–Trinajstić information content (AvgIpc) is 1.62. The van der Waals surface area contributed by atoms with Gasteiger partial charge in [0.2, 0.25) is 0 Å². The molecule has 0 fully saturated rings. The van der Waals surface area contributed by atoms with Crippen molar-refractivity contribution in [2.45, 2.75) is 33.7 Å². The summed E-state index contributed by atoms with van der Waals surface area (Å²) < 4.78 is 0. The van der Waals surface area contributed by atoms with Crippen molar-refractivity contribution < 1.29 is 0 Å². The molecule has 1 nitrogen and oxygen atoms in total. The van der Waals surface area contributed by atoms with Gasteiger partial charge in [-0.3, -0.25) is 0 Å². The van der Waals surface area contributed by atoms with Crippen LogP contribution in [0.5, 0.6) is 0 Å². The van der Waals surface area contributed by atoms with Gasteiger partial charge in [-0.05, 0) is 19.4 Å². The Kier molecular flexibility index (Phi) is 2.48. The molecule has 0 aliphatic rings. The molecular formula is C7H17N. The summed E-state index contributed by atoms with van der Waals surface area (Å²) in [6.45, 7) is 8.89. The molecule has 1 unspecified atom stereocenters. The fraction of sp³-hybridized carbons (Fsp3) is 1.00. The van der Waals surface area contributed by atoms with E-state index in [1.807, 2.05) is 7.05 Å². The summed E-state index contributed by atoms with van der Waals surface area (Å²) in [4.78, 5) is 0. The normalized spacial score (nSPS) is 16.1. The van der Waals surface area contributed by atoms with Crippen molar-refractivity contribution in [1.82, 2.24) is 5.32 Å². The third-order valence-corrected chi connectivity index (χ3v) is 1.73. The predicted molar refractivity (Wildman–Crippen MR) is 38.0 cm³/mol. The molecule has 0 saturated carbocycles. The average molecular weight is 115 g/mol. The predicted octanol–water partition coefficient (Wildman–Crippen LogP) is 1.64. The van der Waals surface area contributed by atoms with Crippen LogP contribution in [-0.4, -0.2) is 13.1 Å². The minimum Gasteiger partial charge on any atom is -0.317 e. The third kappa shape index (κ3) is 2.31. The van der Waals surface area contributed by atoms with Crippen LogP contribution in [0.25, 0.3) is 0 Å². The Morgan fingerprint density at radius 3 is 1.62 bits per heavy atom. The molecule has 0 aliphatic heterocycles. The monoisotopic (exact) mass is 115 g/mol. The van der Waals surface area contributed by atoms with E-state index in [0.29, 0.717) is 11.5 Å². The van der Waals surface area contributed by atoms with Gasteiger partial charge in [0.25, 0.3) is 0 Å². The number of hydrogen-bond acceptors (Lipinski definition) is 1. The highest BCUT2D eigenvalue weighted by atomic mass is 14.9. The lowest BCUT2D eigenvalue weighted by Crippen LogP contribution is -2.34. The van der Waals surface area contributed by atoms with Gasteiger partial charge in [-0.25, -0.2) is 0 Å². The quantitative estimate of drug-likeness (QED) is 0.548. The summed E-state index contributed by atoms with van der Waals surface area (Å²) in [7, 11) is 2.00. The number of hydrogen-bond donors (Lipinski definition) is 1. The van der Waals surface area contributed by atoms with Crippen LogP contribution in [0.15, 0.2) is 0 Å². The molecule has 0 aliphatic carbocycles. The Labute approximate surface area is 52.5 Å². The van der Waals surface area contributed by atoms with E-state index in [0.717, 1.165) is 0 Å². The summed E-state index contributed by atoms with van der Waals surface area (Å²) in [5, 5.41) is 3.20. The van der Waals surface area contributed by atoms with E-state index in [4.69, 9.17) is 0 Å². The molecule has 0 spiro atoms. The van der Waals surface area contributed by atoms with Crippen LogP contribution in [0.1, 0.15) is 27.7 Å². The maximum atomic E-state index is 3.20. The van der Waals surface area contributed by atoms with E-state index in [2.05, 4.69) is 33.0 Å². The first-order valence-corrected chi connectivity index (χ1v) is 3.15. The van der Waals surface area contributed by atoms with E-state index in [9.17, 15) is 0 Å². The Balaban J connectivity index is 3.62. The maximum absolute atomic E-state index is 3.20. The molecule has 1 heteroatoms. The molecule has 0 saturated heterocycles. The van der Waals surface area contributed by atoms with E-state index in [1.54, 1.807) is 0 Å². The SMILES string of the molecule is CNC(C)C(C)(C)C. The van der Waals surface area contributed by atoms with Crippen LogP contribution < -0.4 is 5.32 Å². The smallest absolute Gasteiger partial charge is 0.00842 e. The van der Waals surface area contributed by atoms with Crippen molar-refractivity contribution in [1.29, 1.82) is 0 Å². The van der Waals surface area contributed by atoms with Crippen molar-refractivity contribution in [3.05, 3.63) is 0 Å². The van der Waals surface area contributed by atoms with Gasteiger partial charge in [0.05, 0.1) is 0 Å². The van der Waals surface area contributed by atoms with Crippen LogP contribution in [0.2, 0.25) is 0 Å². The van der Waals surface area contributed by atoms with Crippen molar-refractivity contribution in [3.8, 4) is 0 Å². The van der Waals surface area contributed by atoms with Crippen molar-refractivity contribution >= 4 is 0 Å². The van der Waals surface area contributed by atoms with Gasteiger partial charge in [-0.2, -0.15) is 0 Å². The molecule has 0 radical (unpaired) electrons. The minimum absolute atomic E-state index is 0.398. The van der Waals surface area contributed by atoms with Crippen LogP contribution in [0.3, 0.4) is 0 Å². The lowest BCUT2D eigenvalue weighted by atomic mass is 9.88. The highest BCUT2D eigenvalue weighted by Gasteiger charge is 2.16. The zero-order valence-corrected chi connectivity index (χ0v) is 6.58. The Bertz CT molecular complexity index is 61.3. The van der Waals surface area contributed by atoms with E-state index >= 15 is 0 Å². The maximum Gasteiger partial charge on any atom is 0.00842 e. The highest BCUT2D eigenvalue weighted by molar-refractivity contribution is 4.73. The largest absolute Gasteiger partial charge is 0.317 e. The summed E-state index contributed by atoms with van der Waals surface area (Å²) in [5.41, 5.74) is 0.398. The van der Waals surface area contributed by atoms with Gasteiger partial charge in [0.1, 0.15) is 0 Å². The topological polar surface area (TPSA) is 12.0 Å². The van der Waals surface area contributed by atoms with Gasteiger partial charge in [0.15, 0.2) is 0 Å². The van der Waals surface area contributed by atoms with Crippen molar-refractivity contribution in [2.75, 3.05) is 7.05 Å². The molecule has 0 aromatic rings. The summed E-state index contributed by atoms with van der Waals surface area (Å²) >= 11 is 0. The number of nitrogens with one attached hydrogen (secondary N) is 1. The molecule has 0 amide bonds. The summed E-state index contributed by atoms with van der Waals surface area (Å²) in [5.74, 6) is 0. The van der Waals surface area contributed by atoms with Crippen molar-refractivity contribution in [2.24, 2.45) is 5.41 Å². The fourth-order valence-corrected chi connectivity index (χ4v) is 0.433. The van der Waals surface area contributed by atoms with Crippen LogP contribution in [0, 0.1) is 5.41 Å². The first-order chi connectivity index (χ1) is 3.48. The zero-order chi connectivity index (χ0) is 6.78. The molecule has 8 heavy (non-hydrogen) atoms. The highest BCUT2D eigenvalue weighted by Crippen LogP contribution is 2.17. The molecule has 0 bridgehead atoms. The molecule has 50 valence electrons. The second-order valence-corrected chi connectivity index (χ2v) is 3.38. The molecule has 0 rings (SSSR count). The van der Waals surface area contributed by atoms with Gasteiger partial charge in [-0.1, -0.05) is 20.8 Å². The van der Waals surface area contributed by atoms with Gasteiger partial charge >= 0.3 is 0 Å². The van der Waals surface area contributed by atoms with E-state index in [-0.39, 0.29) is 0 Å². The fourth-order valence-electron chi connectivity index (χ4n) is 0.433. The second-order valence-electron chi connectivity index (χ2n) is 3.38. The van der Waals surface area contributed by atoms with Crippen molar-refractivity contribution in [3.63, 3.8) is 0 Å². The molecule has 1 atom stereocenters. The lowest BCUT2D eigenvalue weighted by Gasteiger charge is -2.26. The Morgan fingerprint density at radius 1 is 1.25 bits per heavy atom. The van der Waals surface area contributed by atoms with Gasteiger partial charge in [0, 0.05) is 6.04 Å². The minimum atomic E-state index is 0.398. The van der Waals surface area contributed by atoms with Gasteiger partial charge in [-0.15, -0.1) is 0 Å². The molecule has 0 heterocycles. The summed E-state index contributed by atoms with van der Waals surface area (Å²) in [6.07, 6.45) is 0. The second kappa shape index (κ2) is 2.49. The molecule has 0 aromatic heterocycles. The van der Waals surface area contributed by atoms with Gasteiger partial charge < -0.3 is 5.32 Å². The third-order valence-electron chi connectivity index (χ3n) is 1.73. The Hall–Kier alpha value is -0.0400. The molecule has 0 aromatic carbocycles. The van der Waals surface area contributed by atoms with E-state index in [1.165, 1.54) is 0 Å². The first kappa shape index (κ1) is 7.96. The van der Waals surface area contributed by atoms with Crippen LogP contribution in [0.4, 0.5) is 0 Å². The lowest BCUT2D eigenvalue weighted by molar-refractivity contribution is 0.301. The van der Waals surface area contributed by atoms with E-state index < -0.39 is 0 Å². The summed E-state index contributed by atoms with van der Waals surface area (Å²) in [6, 6.07) is 0.600. The molecular weight excluding hydrogens is 98.1 g/mol. The first-order valence-electron chi connectivity index (χ1n) is 3.15. The Morgan fingerprint density at radius 2 is 1.62 bits per heavy atom. The van der Waals surface area contributed by atoms with Crippen LogP contribution >= 0.6 is 0 Å². The van der Waals surface area contributed by atoms with Crippen LogP contribution in [-0.2, 0) is 0 Å².